The Balaban J connectivity index is 1.68. The molecule has 1 aromatic carbocycles. The van der Waals surface area contributed by atoms with E-state index in [0.717, 1.165) is 48.7 Å². The molecule has 0 saturated heterocycles. The lowest BCUT2D eigenvalue weighted by Crippen LogP contribution is -2.40. The highest BCUT2D eigenvalue weighted by molar-refractivity contribution is 7.91. The number of rotatable bonds is 2. The Bertz CT molecular complexity index is 924. The molecule has 2 heterocycles. The van der Waals surface area contributed by atoms with Gasteiger partial charge in [-0.2, -0.15) is 0 Å². The van der Waals surface area contributed by atoms with Crippen LogP contribution in [-0.2, 0) is 27.6 Å². The lowest BCUT2D eigenvalue weighted by molar-refractivity contribution is -0.137. The maximum absolute atomic E-state index is 12.9. The van der Waals surface area contributed by atoms with Crippen LogP contribution in [0.1, 0.15) is 43.4 Å². The molecule has 1 aliphatic heterocycles. The van der Waals surface area contributed by atoms with Crippen molar-refractivity contribution in [3.8, 4) is 0 Å². The lowest BCUT2D eigenvalue weighted by atomic mass is 9.87. The topological polar surface area (TPSA) is 70.2 Å². The first kappa shape index (κ1) is 16.6. The summed E-state index contributed by atoms with van der Waals surface area (Å²) in [7, 11) is -3.29. The maximum Gasteiger partial charge on any atom is 0.225 e. The van der Waals surface area contributed by atoms with Gasteiger partial charge in [0.25, 0.3) is 0 Å². The van der Waals surface area contributed by atoms with Gasteiger partial charge in [-0.1, -0.05) is 31.4 Å². The van der Waals surface area contributed by atoms with Crippen molar-refractivity contribution in [2.45, 2.75) is 50.0 Å². The Morgan fingerprint density at radius 3 is 2.68 bits per heavy atom. The highest BCUT2D eigenvalue weighted by Gasteiger charge is 2.30. The SMILES string of the molecule is CS(=O)(=O)c1cccc2c3c([nH]c12)CCN(C(=O)C1CCCCC1)C3. The quantitative estimate of drug-likeness (QED) is 0.895. The van der Waals surface area contributed by atoms with Crippen molar-refractivity contribution >= 4 is 26.6 Å². The number of nitrogens with zero attached hydrogens (tertiary/aromatic N) is 1. The smallest absolute Gasteiger partial charge is 0.225 e. The molecular formula is C19H24N2O3S. The summed E-state index contributed by atoms with van der Waals surface area (Å²) < 4.78 is 24.1. The summed E-state index contributed by atoms with van der Waals surface area (Å²) >= 11 is 0. The van der Waals surface area contributed by atoms with Crippen molar-refractivity contribution in [1.29, 1.82) is 0 Å². The van der Waals surface area contributed by atoms with Crippen LogP contribution in [0.15, 0.2) is 23.1 Å². The average molecular weight is 360 g/mol. The van der Waals surface area contributed by atoms with Gasteiger partial charge in [-0.15, -0.1) is 0 Å². The van der Waals surface area contributed by atoms with Gasteiger partial charge in [-0.05, 0) is 18.9 Å². The number of aromatic amines is 1. The van der Waals surface area contributed by atoms with Crippen LogP contribution in [0.3, 0.4) is 0 Å². The summed E-state index contributed by atoms with van der Waals surface area (Å²) in [6.45, 7) is 1.29. The largest absolute Gasteiger partial charge is 0.357 e. The van der Waals surface area contributed by atoms with Gasteiger partial charge in [-0.25, -0.2) is 8.42 Å². The van der Waals surface area contributed by atoms with Gasteiger partial charge < -0.3 is 9.88 Å². The molecule has 4 rings (SSSR count). The third-order valence-electron chi connectivity index (χ3n) is 5.64. The second kappa shape index (κ2) is 6.16. The Morgan fingerprint density at radius 2 is 1.96 bits per heavy atom. The van der Waals surface area contributed by atoms with Gasteiger partial charge in [0.15, 0.2) is 9.84 Å². The van der Waals surface area contributed by atoms with Crippen molar-refractivity contribution in [1.82, 2.24) is 9.88 Å². The third kappa shape index (κ3) is 2.97. The maximum atomic E-state index is 12.9. The van der Waals surface area contributed by atoms with Crippen LogP contribution in [0.5, 0.6) is 0 Å². The summed E-state index contributed by atoms with van der Waals surface area (Å²) in [5, 5.41) is 0.930. The van der Waals surface area contributed by atoms with Crippen LogP contribution in [-0.4, -0.2) is 37.0 Å². The minimum absolute atomic E-state index is 0.173. The van der Waals surface area contributed by atoms with Crippen molar-refractivity contribution in [2.75, 3.05) is 12.8 Å². The second-order valence-corrected chi connectivity index (χ2v) is 9.36. The molecule has 2 aromatic rings. The fourth-order valence-corrected chi connectivity index (χ4v) is 5.17. The Morgan fingerprint density at radius 1 is 1.20 bits per heavy atom. The van der Waals surface area contributed by atoms with E-state index in [4.69, 9.17) is 0 Å². The summed E-state index contributed by atoms with van der Waals surface area (Å²) in [6, 6.07) is 5.38. The van der Waals surface area contributed by atoms with Gasteiger partial charge in [0.2, 0.25) is 5.91 Å². The molecule has 0 unspecified atom stereocenters. The van der Waals surface area contributed by atoms with E-state index in [1.807, 2.05) is 11.0 Å². The van der Waals surface area contributed by atoms with Gasteiger partial charge >= 0.3 is 0 Å². The third-order valence-corrected chi connectivity index (χ3v) is 6.78. The zero-order valence-electron chi connectivity index (χ0n) is 14.5. The van der Waals surface area contributed by atoms with E-state index in [1.165, 1.54) is 12.7 Å². The van der Waals surface area contributed by atoms with Crippen molar-refractivity contribution in [3.05, 3.63) is 29.5 Å². The minimum atomic E-state index is -3.29. The van der Waals surface area contributed by atoms with E-state index in [1.54, 1.807) is 12.1 Å². The molecule has 25 heavy (non-hydrogen) atoms. The van der Waals surface area contributed by atoms with Crippen molar-refractivity contribution in [2.24, 2.45) is 5.92 Å². The number of carbonyl (C=O) groups excluding carboxylic acids is 1. The molecule has 1 fully saturated rings. The molecule has 1 amide bonds. The number of hydrogen-bond acceptors (Lipinski definition) is 3. The number of fused-ring (bicyclic) bond motifs is 3. The van der Waals surface area contributed by atoms with E-state index < -0.39 is 9.84 Å². The van der Waals surface area contributed by atoms with E-state index in [0.29, 0.717) is 23.5 Å². The number of nitrogens with one attached hydrogen (secondary N) is 1. The molecule has 1 N–H and O–H groups in total. The van der Waals surface area contributed by atoms with Gasteiger partial charge in [0.1, 0.15) is 0 Å². The fraction of sp³-hybridized carbons (Fsp3) is 0.526. The first-order chi connectivity index (χ1) is 11.9. The van der Waals surface area contributed by atoms with Crippen LogP contribution in [0.25, 0.3) is 10.9 Å². The molecule has 134 valence electrons. The highest BCUT2D eigenvalue weighted by atomic mass is 32.2. The van der Waals surface area contributed by atoms with Crippen LogP contribution >= 0.6 is 0 Å². The molecule has 1 aliphatic carbocycles. The zero-order chi connectivity index (χ0) is 17.6. The monoisotopic (exact) mass is 360 g/mol. The standard InChI is InChI=1S/C19H24N2O3S/c1-25(23,24)17-9-5-8-14-15-12-21(11-10-16(15)20-18(14)17)19(22)13-6-3-2-4-7-13/h5,8-9,13,20H,2-4,6-7,10-12H2,1H3. The fourth-order valence-electron chi connectivity index (χ4n) is 4.32. The zero-order valence-corrected chi connectivity index (χ0v) is 15.4. The van der Waals surface area contributed by atoms with Gasteiger partial charge in [0.05, 0.1) is 10.4 Å². The molecular weight excluding hydrogens is 336 g/mol. The van der Waals surface area contributed by atoms with Crippen LogP contribution in [0, 0.1) is 5.92 Å². The van der Waals surface area contributed by atoms with Crippen LogP contribution < -0.4 is 0 Å². The van der Waals surface area contributed by atoms with E-state index in [-0.39, 0.29) is 11.8 Å². The predicted molar refractivity (Wildman–Crippen MR) is 97.1 cm³/mol. The average Bonchev–Trinajstić information content (AvgIpc) is 2.98. The molecule has 5 nitrogen and oxygen atoms in total. The number of benzene rings is 1. The van der Waals surface area contributed by atoms with E-state index in [9.17, 15) is 13.2 Å². The second-order valence-electron chi connectivity index (χ2n) is 7.38. The summed E-state index contributed by atoms with van der Waals surface area (Å²) in [6.07, 6.45) is 7.56. The number of para-hydroxylation sites is 1. The number of amides is 1. The summed E-state index contributed by atoms with van der Waals surface area (Å²) in [4.78, 5) is 18.5. The van der Waals surface area contributed by atoms with Gasteiger partial charge in [0, 0.05) is 48.3 Å². The molecule has 6 heteroatoms. The number of hydrogen-bond donors (Lipinski definition) is 1. The molecule has 0 spiro atoms. The van der Waals surface area contributed by atoms with E-state index >= 15 is 0 Å². The molecule has 2 aliphatic rings. The predicted octanol–water partition coefficient (Wildman–Crippen LogP) is 3.04. The first-order valence-electron chi connectivity index (χ1n) is 9.06. The van der Waals surface area contributed by atoms with Crippen LogP contribution in [0.4, 0.5) is 0 Å². The molecule has 1 saturated carbocycles. The summed E-state index contributed by atoms with van der Waals surface area (Å²) in [5.41, 5.74) is 2.83. The molecule has 0 radical (unpaired) electrons. The van der Waals surface area contributed by atoms with Crippen LogP contribution in [0.2, 0.25) is 0 Å². The highest BCUT2D eigenvalue weighted by Crippen LogP contribution is 2.33. The van der Waals surface area contributed by atoms with E-state index in [2.05, 4.69) is 4.98 Å². The Hall–Kier alpha value is -1.82. The molecule has 0 bridgehead atoms. The molecule has 1 aromatic heterocycles. The Labute approximate surface area is 148 Å². The minimum Gasteiger partial charge on any atom is -0.357 e. The van der Waals surface area contributed by atoms with Crippen molar-refractivity contribution < 1.29 is 13.2 Å². The normalized spacial score (nSPS) is 19.2. The number of carbonyl (C=O) groups is 1. The van der Waals surface area contributed by atoms with Gasteiger partial charge in [-0.3, -0.25) is 4.79 Å². The number of sulfone groups is 1. The number of aromatic nitrogens is 1. The first-order valence-corrected chi connectivity index (χ1v) is 11.0. The lowest BCUT2D eigenvalue weighted by Gasteiger charge is -2.32. The Kier molecular flexibility index (Phi) is 4.10. The summed E-state index contributed by atoms with van der Waals surface area (Å²) in [5.74, 6) is 0.450. The molecule has 0 atom stereocenters. The number of H-pyrrole nitrogens is 1. The van der Waals surface area contributed by atoms with Crippen molar-refractivity contribution in [3.63, 3.8) is 0 Å².